The van der Waals surface area contributed by atoms with E-state index in [0.717, 1.165) is 30.9 Å². The highest BCUT2D eigenvalue weighted by atomic mass is 16.5. The van der Waals surface area contributed by atoms with Crippen LogP contribution < -0.4 is 4.74 Å². The summed E-state index contributed by atoms with van der Waals surface area (Å²) in [5, 5.41) is 10.3. The molecule has 0 saturated carbocycles. The number of β-amino-alcohol motifs (C(OH)–C–C–N with tert-alkyl or cyclic N) is 1. The molecule has 3 nitrogen and oxygen atoms in total. The maximum Gasteiger partial charge on any atom is 0.119 e. The smallest absolute Gasteiger partial charge is 0.119 e. The molecule has 1 heterocycles. The predicted molar refractivity (Wildman–Crippen MR) is 77.5 cm³/mol. The third-order valence-electron chi connectivity index (χ3n) is 3.71. The lowest BCUT2D eigenvalue weighted by Crippen LogP contribution is -2.29. The molecular formula is C16H25NO2. The first-order chi connectivity index (χ1) is 9.29. The molecule has 1 N–H and O–H groups in total. The van der Waals surface area contributed by atoms with E-state index in [0.29, 0.717) is 6.61 Å². The molecular weight excluding hydrogens is 238 g/mol. The van der Waals surface area contributed by atoms with Crippen molar-refractivity contribution in [2.45, 2.75) is 38.7 Å². The van der Waals surface area contributed by atoms with E-state index in [2.05, 4.69) is 4.90 Å². The fourth-order valence-electron chi connectivity index (χ4n) is 2.62. The van der Waals surface area contributed by atoms with Crippen LogP contribution in [0.2, 0.25) is 0 Å². The normalized spacial score (nSPS) is 18.8. The van der Waals surface area contributed by atoms with Crippen LogP contribution in [0.3, 0.4) is 0 Å². The van der Waals surface area contributed by atoms with Crippen LogP contribution in [-0.4, -0.2) is 36.2 Å². The number of hydrogen-bond donors (Lipinski definition) is 1. The summed E-state index contributed by atoms with van der Waals surface area (Å²) in [4.78, 5) is 2.38. The monoisotopic (exact) mass is 263 g/mol. The van der Waals surface area contributed by atoms with Crippen LogP contribution in [-0.2, 0) is 0 Å². The largest absolute Gasteiger partial charge is 0.494 e. The van der Waals surface area contributed by atoms with E-state index in [-0.39, 0.29) is 0 Å². The number of benzene rings is 1. The second kappa shape index (κ2) is 7.51. The number of nitrogens with zero attached hydrogens (tertiary/aromatic N) is 1. The average Bonchev–Trinajstić information content (AvgIpc) is 2.68. The topological polar surface area (TPSA) is 32.7 Å². The van der Waals surface area contributed by atoms with E-state index in [1.807, 2.05) is 31.2 Å². The van der Waals surface area contributed by atoms with Gasteiger partial charge in [0.1, 0.15) is 5.75 Å². The number of likely N-dealkylation sites (tertiary alicyclic amines) is 1. The highest BCUT2D eigenvalue weighted by Crippen LogP contribution is 2.20. The van der Waals surface area contributed by atoms with E-state index in [1.165, 1.54) is 25.7 Å². The van der Waals surface area contributed by atoms with Gasteiger partial charge in [0.05, 0.1) is 12.7 Å². The molecule has 19 heavy (non-hydrogen) atoms. The molecule has 1 unspecified atom stereocenters. The molecule has 0 radical (unpaired) electrons. The molecule has 1 aliphatic rings. The van der Waals surface area contributed by atoms with Gasteiger partial charge in [-0.05, 0) is 50.6 Å². The lowest BCUT2D eigenvalue weighted by molar-refractivity contribution is 0.115. The lowest BCUT2D eigenvalue weighted by Gasteiger charge is -2.23. The Morgan fingerprint density at radius 2 is 1.74 bits per heavy atom. The van der Waals surface area contributed by atoms with Gasteiger partial charge in [-0.1, -0.05) is 25.0 Å². The number of aliphatic hydroxyl groups excluding tert-OH is 1. The van der Waals surface area contributed by atoms with E-state index >= 15 is 0 Å². The second-order valence-electron chi connectivity index (χ2n) is 5.23. The second-order valence-corrected chi connectivity index (χ2v) is 5.23. The Hall–Kier alpha value is -1.06. The van der Waals surface area contributed by atoms with Crippen LogP contribution >= 0.6 is 0 Å². The maximum absolute atomic E-state index is 10.3. The first-order valence-electron chi connectivity index (χ1n) is 7.43. The summed E-state index contributed by atoms with van der Waals surface area (Å²) >= 11 is 0. The Balaban J connectivity index is 1.89. The third-order valence-corrected chi connectivity index (χ3v) is 3.71. The van der Waals surface area contributed by atoms with Crippen molar-refractivity contribution in [3.05, 3.63) is 29.8 Å². The Kier molecular flexibility index (Phi) is 5.67. The number of aliphatic hydroxyl groups is 1. The van der Waals surface area contributed by atoms with Gasteiger partial charge in [0, 0.05) is 6.54 Å². The summed E-state index contributed by atoms with van der Waals surface area (Å²) < 4.78 is 5.42. The third kappa shape index (κ3) is 4.51. The molecule has 0 spiro atoms. The van der Waals surface area contributed by atoms with Gasteiger partial charge in [0.25, 0.3) is 0 Å². The van der Waals surface area contributed by atoms with Gasteiger partial charge >= 0.3 is 0 Å². The SMILES string of the molecule is CCOc1ccc(C(O)CN2CCCCCC2)cc1. The van der Waals surface area contributed by atoms with Crippen molar-refractivity contribution in [3.8, 4) is 5.75 Å². The fraction of sp³-hybridized carbons (Fsp3) is 0.625. The number of ether oxygens (including phenoxy) is 1. The lowest BCUT2D eigenvalue weighted by atomic mass is 10.1. The molecule has 1 aromatic rings. The highest BCUT2D eigenvalue weighted by molar-refractivity contribution is 5.28. The van der Waals surface area contributed by atoms with Crippen molar-refractivity contribution in [2.24, 2.45) is 0 Å². The van der Waals surface area contributed by atoms with Gasteiger partial charge in [-0.25, -0.2) is 0 Å². The van der Waals surface area contributed by atoms with Crippen LogP contribution in [0.5, 0.6) is 5.75 Å². The summed E-state index contributed by atoms with van der Waals surface area (Å²) in [6.07, 6.45) is 4.78. The molecule has 1 atom stereocenters. The summed E-state index contributed by atoms with van der Waals surface area (Å²) in [6.45, 7) is 5.63. The zero-order valence-electron chi connectivity index (χ0n) is 11.8. The summed E-state index contributed by atoms with van der Waals surface area (Å²) in [5.41, 5.74) is 0.979. The molecule has 0 aliphatic carbocycles. The van der Waals surface area contributed by atoms with Crippen molar-refractivity contribution in [3.63, 3.8) is 0 Å². The summed E-state index contributed by atoms with van der Waals surface area (Å²) in [7, 11) is 0. The van der Waals surface area contributed by atoms with Crippen LogP contribution in [0.15, 0.2) is 24.3 Å². The molecule has 1 saturated heterocycles. The van der Waals surface area contributed by atoms with Crippen LogP contribution in [0, 0.1) is 0 Å². The van der Waals surface area contributed by atoms with Gasteiger partial charge in [-0.2, -0.15) is 0 Å². The van der Waals surface area contributed by atoms with Crippen molar-refractivity contribution in [2.75, 3.05) is 26.2 Å². The molecule has 3 heteroatoms. The molecule has 1 fully saturated rings. The molecule has 0 amide bonds. The Bertz CT molecular complexity index is 356. The number of rotatable bonds is 5. The minimum atomic E-state index is -0.395. The van der Waals surface area contributed by atoms with Gasteiger partial charge in [-0.3, -0.25) is 0 Å². The van der Waals surface area contributed by atoms with Crippen molar-refractivity contribution in [1.82, 2.24) is 4.90 Å². The maximum atomic E-state index is 10.3. The van der Waals surface area contributed by atoms with Gasteiger partial charge < -0.3 is 14.7 Å². The van der Waals surface area contributed by atoms with E-state index in [4.69, 9.17) is 4.74 Å². The number of hydrogen-bond acceptors (Lipinski definition) is 3. The van der Waals surface area contributed by atoms with E-state index in [9.17, 15) is 5.11 Å². The first kappa shape index (κ1) is 14.4. The summed E-state index contributed by atoms with van der Waals surface area (Å²) in [5.74, 6) is 0.869. The van der Waals surface area contributed by atoms with E-state index < -0.39 is 6.10 Å². The van der Waals surface area contributed by atoms with Gasteiger partial charge in [0.2, 0.25) is 0 Å². The minimum Gasteiger partial charge on any atom is -0.494 e. The quantitative estimate of drug-likeness (QED) is 0.886. The zero-order valence-corrected chi connectivity index (χ0v) is 11.8. The minimum absolute atomic E-state index is 0.395. The van der Waals surface area contributed by atoms with E-state index in [1.54, 1.807) is 0 Å². The summed E-state index contributed by atoms with van der Waals surface area (Å²) in [6, 6.07) is 7.80. The van der Waals surface area contributed by atoms with Crippen LogP contribution in [0.4, 0.5) is 0 Å². The van der Waals surface area contributed by atoms with Crippen molar-refractivity contribution < 1.29 is 9.84 Å². The Morgan fingerprint density at radius 1 is 1.11 bits per heavy atom. The average molecular weight is 263 g/mol. The Labute approximate surface area is 116 Å². The Morgan fingerprint density at radius 3 is 2.32 bits per heavy atom. The van der Waals surface area contributed by atoms with Gasteiger partial charge in [-0.15, -0.1) is 0 Å². The van der Waals surface area contributed by atoms with Crippen LogP contribution in [0.1, 0.15) is 44.3 Å². The van der Waals surface area contributed by atoms with Crippen molar-refractivity contribution in [1.29, 1.82) is 0 Å². The zero-order chi connectivity index (χ0) is 13.5. The molecule has 1 aliphatic heterocycles. The fourth-order valence-corrected chi connectivity index (χ4v) is 2.62. The van der Waals surface area contributed by atoms with Crippen molar-refractivity contribution >= 4 is 0 Å². The highest BCUT2D eigenvalue weighted by Gasteiger charge is 2.15. The molecule has 2 rings (SSSR count). The first-order valence-corrected chi connectivity index (χ1v) is 7.43. The molecule has 0 bridgehead atoms. The molecule has 106 valence electrons. The standard InChI is InChI=1S/C16H25NO2/c1-2-19-15-9-7-14(8-10-15)16(18)13-17-11-5-3-4-6-12-17/h7-10,16,18H,2-6,11-13H2,1H3. The predicted octanol–water partition coefficient (Wildman–Crippen LogP) is 2.99. The molecule has 0 aromatic heterocycles. The molecule has 1 aromatic carbocycles. The van der Waals surface area contributed by atoms with Gasteiger partial charge in [0.15, 0.2) is 0 Å². The van der Waals surface area contributed by atoms with Crippen LogP contribution in [0.25, 0.3) is 0 Å².